The van der Waals surface area contributed by atoms with E-state index in [1.54, 1.807) is 20.1 Å². The van der Waals surface area contributed by atoms with E-state index in [2.05, 4.69) is 5.10 Å². The molecule has 6 rings (SSSR count). The maximum Gasteiger partial charge on any atom is 0.297 e. The molecule has 9 nitrogen and oxygen atoms in total. The van der Waals surface area contributed by atoms with Crippen LogP contribution in [-0.4, -0.2) is 30.5 Å². The monoisotopic (exact) mass is 537 g/mol. The maximum absolute atomic E-state index is 13.5. The summed E-state index contributed by atoms with van der Waals surface area (Å²) >= 11 is 1.31. The minimum atomic E-state index is -0.258. The van der Waals surface area contributed by atoms with Crippen LogP contribution >= 0.6 is 11.3 Å². The lowest BCUT2D eigenvalue weighted by Gasteiger charge is -2.07. The lowest BCUT2D eigenvalue weighted by Crippen LogP contribution is -2.19. The van der Waals surface area contributed by atoms with Gasteiger partial charge >= 0.3 is 0 Å². The third-order valence-electron chi connectivity index (χ3n) is 6.42. The quantitative estimate of drug-likeness (QED) is 0.291. The van der Waals surface area contributed by atoms with Crippen LogP contribution in [0.3, 0.4) is 0 Å². The van der Waals surface area contributed by atoms with E-state index in [0.29, 0.717) is 27.5 Å². The van der Waals surface area contributed by atoms with Gasteiger partial charge < -0.3 is 14.6 Å². The summed E-state index contributed by atoms with van der Waals surface area (Å²) in [5.41, 5.74) is 3.21. The normalized spacial score (nSPS) is 12.2. The van der Waals surface area contributed by atoms with Gasteiger partial charge in [0, 0.05) is 29.4 Å². The van der Waals surface area contributed by atoms with E-state index in [1.165, 1.54) is 29.7 Å². The molecule has 0 amide bonds. The summed E-state index contributed by atoms with van der Waals surface area (Å²) in [5, 5.41) is 27.3. The molecule has 39 heavy (non-hydrogen) atoms. The molecular weight excluding hydrogens is 514 g/mol. The second-order valence-electron chi connectivity index (χ2n) is 8.87. The molecule has 0 bridgehead atoms. The predicted molar refractivity (Wildman–Crippen MR) is 151 cm³/mol. The molecule has 3 aromatic heterocycles. The van der Waals surface area contributed by atoms with Crippen LogP contribution in [0.25, 0.3) is 28.1 Å². The summed E-state index contributed by atoms with van der Waals surface area (Å²) in [7, 11) is 1.82. The van der Waals surface area contributed by atoms with E-state index in [0.717, 1.165) is 16.7 Å². The van der Waals surface area contributed by atoms with Crippen molar-refractivity contribution < 1.29 is 14.6 Å². The van der Waals surface area contributed by atoms with Crippen LogP contribution in [0.4, 0.5) is 5.69 Å². The zero-order valence-electron chi connectivity index (χ0n) is 21.0. The van der Waals surface area contributed by atoms with Crippen molar-refractivity contribution in [2.24, 2.45) is 17.1 Å². The Balaban J connectivity index is 1.55. The Morgan fingerprint density at radius 3 is 2.51 bits per heavy atom. The summed E-state index contributed by atoms with van der Waals surface area (Å²) in [6.45, 7) is 1.84. The highest BCUT2D eigenvalue weighted by molar-refractivity contribution is 7.07. The molecule has 0 aliphatic heterocycles. The molecule has 0 spiro atoms. The fraction of sp³-hybridized carbons (Fsp3) is 0.0690. The van der Waals surface area contributed by atoms with Gasteiger partial charge in [0.25, 0.3) is 5.56 Å². The predicted octanol–water partition coefficient (Wildman–Crippen LogP) is 5.29. The van der Waals surface area contributed by atoms with Gasteiger partial charge in [0.15, 0.2) is 11.4 Å². The van der Waals surface area contributed by atoms with Crippen molar-refractivity contribution in [3.8, 4) is 28.6 Å². The van der Waals surface area contributed by atoms with Crippen LogP contribution < -0.4 is 10.4 Å². The van der Waals surface area contributed by atoms with Crippen LogP contribution in [0.5, 0.6) is 11.5 Å². The van der Waals surface area contributed by atoms with Gasteiger partial charge in [-0.3, -0.25) is 9.48 Å². The molecular formula is C29H23N5O4S. The molecule has 0 aliphatic carbocycles. The van der Waals surface area contributed by atoms with Gasteiger partial charge in [-0.2, -0.15) is 5.10 Å². The van der Waals surface area contributed by atoms with Gasteiger partial charge in [-0.15, -0.1) is 11.3 Å². The summed E-state index contributed by atoms with van der Waals surface area (Å²) < 4.78 is 11.0. The average molecular weight is 538 g/mol. The number of para-hydroxylation sites is 2. The molecule has 0 unspecified atom stereocenters. The first-order chi connectivity index (χ1) is 18.9. The molecule has 0 fully saturated rings. The number of rotatable bonds is 5. The van der Waals surface area contributed by atoms with Crippen LogP contribution in [0.2, 0.25) is 0 Å². The minimum Gasteiger partial charge on any atom is -0.508 e. The Kier molecular flexibility index (Phi) is 6.01. The number of furan rings is 1. The van der Waals surface area contributed by atoms with Gasteiger partial charge in [-0.1, -0.05) is 36.4 Å². The van der Waals surface area contributed by atoms with E-state index in [-0.39, 0.29) is 22.7 Å². The smallest absolute Gasteiger partial charge is 0.297 e. The molecule has 6 aromatic rings. The molecule has 2 N–H and O–H groups in total. The topological polar surface area (TPSA) is 110 Å². The lowest BCUT2D eigenvalue weighted by molar-refractivity contribution is 0.450. The molecule has 3 aromatic carbocycles. The zero-order valence-corrected chi connectivity index (χ0v) is 21.8. The molecule has 10 heteroatoms. The number of aromatic nitrogens is 3. The zero-order chi connectivity index (χ0) is 27.1. The van der Waals surface area contributed by atoms with E-state index in [1.807, 2.05) is 80.0 Å². The van der Waals surface area contributed by atoms with Gasteiger partial charge in [-0.25, -0.2) is 14.4 Å². The Morgan fingerprint density at radius 1 is 0.974 bits per heavy atom. The van der Waals surface area contributed by atoms with Gasteiger partial charge in [0.05, 0.1) is 17.6 Å². The maximum atomic E-state index is 13.5. The molecule has 0 saturated heterocycles. The summed E-state index contributed by atoms with van der Waals surface area (Å²) in [6.07, 6.45) is 1.47. The minimum absolute atomic E-state index is 0.0549. The summed E-state index contributed by atoms with van der Waals surface area (Å²) in [6, 6.07) is 23.2. The molecule has 194 valence electrons. The molecule has 0 atom stereocenters. The fourth-order valence-corrected chi connectivity index (χ4v) is 5.13. The first-order valence-electron chi connectivity index (χ1n) is 12.1. The van der Waals surface area contributed by atoms with Crippen LogP contribution in [-0.2, 0) is 7.05 Å². The number of fused-ring (bicyclic) bond motifs is 1. The largest absolute Gasteiger partial charge is 0.508 e. The number of hydrogen-bond donors (Lipinski definition) is 2. The molecule has 0 saturated carbocycles. The van der Waals surface area contributed by atoms with Crippen molar-refractivity contribution in [1.29, 1.82) is 0 Å². The first-order valence-corrected chi connectivity index (χ1v) is 12.9. The highest BCUT2D eigenvalue weighted by Crippen LogP contribution is 2.29. The number of hydrogen-bond acceptors (Lipinski definition) is 7. The number of benzene rings is 3. The second kappa shape index (κ2) is 9.66. The van der Waals surface area contributed by atoms with Gasteiger partial charge in [-0.05, 0) is 43.3 Å². The highest BCUT2D eigenvalue weighted by Gasteiger charge is 2.18. The van der Waals surface area contributed by atoms with Gasteiger partial charge in [0.2, 0.25) is 4.80 Å². The van der Waals surface area contributed by atoms with Gasteiger partial charge in [0.1, 0.15) is 22.8 Å². The first kappa shape index (κ1) is 24.3. The number of phenolic OH excluding ortho intramolecular Hbond substituents is 2. The van der Waals surface area contributed by atoms with E-state index < -0.39 is 0 Å². The van der Waals surface area contributed by atoms with E-state index in [4.69, 9.17) is 9.41 Å². The van der Waals surface area contributed by atoms with E-state index in [9.17, 15) is 15.0 Å². The lowest BCUT2D eigenvalue weighted by atomic mass is 10.2. The van der Waals surface area contributed by atoms with Crippen molar-refractivity contribution in [2.75, 3.05) is 0 Å². The second-order valence-corrected chi connectivity index (χ2v) is 9.71. The fourth-order valence-electron chi connectivity index (χ4n) is 4.31. The van der Waals surface area contributed by atoms with Crippen LogP contribution in [0.1, 0.15) is 11.3 Å². The van der Waals surface area contributed by atoms with Crippen LogP contribution in [0, 0.1) is 6.92 Å². The van der Waals surface area contributed by atoms with E-state index >= 15 is 0 Å². The number of nitrogens with zero attached hydrogens (tertiary/aromatic N) is 5. The Bertz CT molecular complexity index is 1960. The van der Waals surface area contributed by atoms with Crippen molar-refractivity contribution in [3.63, 3.8) is 0 Å². The van der Waals surface area contributed by atoms with Crippen molar-refractivity contribution in [2.45, 2.75) is 6.92 Å². The van der Waals surface area contributed by atoms with Crippen molar-refractivity contribution in [3.05, 3.63) is 111 Å². The summed E-state index contributed by atoms with van der Waals surface area (Å²) in [4.78, 5) is 18.7. The SMILES string of the molecule is Cc1c(N=c2scc(-c3cc4ccccc4o3)n2N=Cc2ccc(O)cc2O)c(=O)n(-c2ccccc2)n1C. The molecule has 0 aliphatic rings. The van der Waals surface area contributed by atoms with Crippen molar-refractivity contribution >= 4 is 34.2 Å². The molecule has 0 radical (unpaired) electrons. The molecule has 3 heterocycles. The summed E-state index contributed by atoms with van der Waals surface area (Å²) in [5.74, 6) is 0.399. The number of thiazole rings is 1. The average Bonchev–Trinajstić information content (AvgIpc) is 3.60. The number of phenols is 2. The Hall–Kier alpha value is -5.09. The van der Waals surface area contributed by atoms with Crippen molar-refractivity contribution in [1.82, 2.24) is 14.0 Å². The highest BCUT2D eigenvalue weighted by atomic mass is 32.1. The third-order valence-corrected chi connectivity index (χ3v) is 7.24. The standard InChI is InChI=1S/C29H23N5O4S/c1-18-27(28(37)34(32(18)2)21-9-4-3-5-10-21)31-29-33(30-16-20-12-13-22(35)15-24(20)36)23(17-39-29)26-14-19-8-6-7-11-25(19)38-26/h3-17,35-36H,1-2H3. The third kappa shape index (κ3) is 4.36. The Morgan fingerprint density at radius 2 is 1.74 bits per heavy atom. The van der Waals surface area contributed by atoms with Crippen LogP contribution in [0.15, 0.2) is 104 Å². The Labute approximate surface area is 226 Å². The number of aromatic hydroxyl groups is 2.